The SMILES string of the molecule is CCOC(=O)CCCCOc1cc(C#Cc2ccc(C(F)(F)F)cc2CN2C(=O)OC(c3cc(C(F)(F)F)cc(C(F)(F)F)c3)C2C)c(OC)cc1F. The Morgan fingerprint density at radius 1 is 0.830 bits per heavy atom. The van der Waals surface area contributed by atoms with Crippen molar-refractivity contribution in [3.63, 3.8) is 0 Å². The number of unbranched alkanes of at least 4 members (excludes halogenated alkanes) is 1. The van der Waals surface area contributed by atoms with Crippen molar-refractivity contribution in [2.24, 2.45) is 0 Å². The Morgan fingerprint density at radius 2 is 1.45 bits per heavy atom. The molecule has 0 aliphatic carbocycles. The number of benzene rings is 3. The lowest BCUT2D eigenvalue weighted by atomic mass is 9.97. The molecule has 53 heavy (non-hydrogen) atoms. The number of carbonyl (C=O) groups is 2. The third-order valence-electron chi connectivity index (χ3n) is 8.03. The lowest BCUT2D eigenvalue weighted by molar-refractivity contribution is -0.144. The van der Waals surface area contributed by atoms with Crippen LogP contribution < -0.4 is 9.47 Å². The van der Waals surface area contributed by atoms with Crippen LogP contribution in [0.4, 0.5) is 48.7 Å². The zero-order chi connectivity index (χ0) is 39.3. The van der Waals surface area contributed by atoms with E-state index in [1.54, 1.807) is 6.92 Å². The van der Waals surface area contributed by atoms with Gasteiger partial charge in [0.15, 0.2) is 11.6 Å². The van der Waals surface area contributed by atoms with Gasteiger partial charge in [0, 0.05) is 24.1 Å². The van der Waals surface area contributed by atoms with Gasteiger partial charge in [0.2, 0.25) is 0 Å². The van der Waals surface area contributed by atoms with Crippen LogP contribution in [0.5, 0.6) is 11.5 Å². The molecule has 0 N–H and O–H groups in total. The number of nitrogens with zero attached hydrogens (tertiary/aromatic N) is 1. The van der Waals surface area contributed by atoms with Gasteiger partial charge < -0.3 is 18.9 Å². The predicted octanol–water partition coefficient (Wildman–Crippen LogP) is 9.48. The van der Waals surface area contributed by atoms with Crippen molar-refractivity contribution < 1.29 is 72.4 Å². The average molecular weight is 764 g/mol. The van der Waals surface area contributed by atoms with Crippen molar-refractivity contribution in [1.29, 1.82) is 0 Å². The molecule has 0 spiro atoms. The summed E-state index contributed by atoms with van der Waals surface area (Å²) in [6.07, 6.45) is -17.2. The van der Waals surface area contributed by atoms with E-state index in [0.717, 1.165) is 23.1 Å². The van der Waals surface area contributed by atoms with Gasteiger partial charge in [0.25, 0.3) is 0 Å². The first kappa shape index (κ1) is 40.6. The van der Waals surface area contributed by atoms with Crippen LogP contribution in [-0.2, 0) is 39.3 Å². The number of hydrogen-bond donors (Lipinski definition) is 0. The summed E-state index contributed by atoms with van der Waals surface area (Å²) in [5.74, 6) is 3.86. The van der Waals surface area contributed by atoms with Crippen molar-refractivity contribution in [2.45, 2.75) is 70.3 Å². The number of ether oxygens (including phenoxy) is 4. The standard InChI is InChI=1S/C36H31F10NO6/c1-4-51-31(48)7-5-6-12-52-30-16-22(29(50-3)18-28(30)37)9-8-21-10-11-25(34(38,39)40)15-24(21)19-47-20(2)32(53-33(47)49)23-13-26(35(41,42)43)17-27(14-23)36(44,45)46/h10-11,13-18,20,32H,4-7,12,19H2,1-3H3. The van der Waals surface area contributed by atoms with Gasteiger partial charge in [-0.3, -0.25) is 9.69 Å². The maximum absolute atomic E-state index is 14.8. The quantitative estimate of drug-likeness (QED) is 0.0839. The highest BCUT2D eigenvalue weighted by Gasteiger charge is 2.43. The largest absolute Gasteiger partial charge is 0.495 e. The second kappa shape index (κ2) is 16.3. The number of carbonyl (C=O) groups excluding carboxylic acids is 2. The Labute approximate surface area is 296 Å². The molecular weight excluding hydrogens is 732 g/mol. The molecule has 1 heterocycles. The van der Waals surface area contributed by atoms with E-state index in [2.05, 4.69) is 11.8 Å². The topological polar surface area (TPSA) is 74.3 Å². The van der Waals surface area contributed by atoms with Crippen LogP contribution in [0.15, 0.2) is 48.5 Å². The molecule has 3 aromatic rings. The Bertz CT molecular complexity index is 1850. The van der Waals surface area contributed by atoms with Crippen LogP contribution in [-0.4, -0.2) is 43.3 Å². The highest BCUT2D eigenvalue weighted by atomic mass is 19.4. The minimum absolute atomic E-state index is 0.0156. The van der Waals surface area contributed by atoms with E-state index in [1.165, 1.54) is 20.1 Å². The van der Waals surface area contributed by atoms with Crippen LogP contribution in [0.3, 0.4) is 0 Å². The lowest BCUT2D eigenvalue weighted by Gasteiger charge is -2.23. The summed E-state index contributed by atoms with van der Waals surface area (Å²) in [6, 6.07) is 4.07. The molecule has 1 fully saturated rings. The van der Waals surface area contributed by atoms with Crippen molar-refractivity contribution in [3.05, 3.63) is 93.3 Å². The third kappa shape index (κ3) is 10.3. The van der Waals surface area contributed by atoms with Gasteiger partial charge in [-0.1, -0.05) is 11.8 Å². The van der Waals surface area contributed by atoms with E-state index in [-0.39, 0.29) is 53.9 Å². The Kier molecular flexibility index (Phi) is 12.5. The van der Waals surface area contributed by atoms with E-state index in [1.807, 2.05) is 0 Å². The van der Waals surface area contributed by atoms with Crippen molar-refractivity contribution in [2.75, 3.05) is 20.3 Å². The van der Waals surface area contributed by atoms with Crippen LogP contribution >= 0.6 is 0 Å². The highest BCUT2D eigenvalue weighted by molar-refractivity contribution is 5.71. The number of alkyl halides is 9. The van der Waals surface area contributed by atoms with Gasteiger partial charge in [-0.25, -0.2) is 9.18 Å². The number of esters is 1. The number of amides is 1. The minimum Gasteiger partial charge on any atom is -0.495 e. The molecule has 286 valence electrons. The van der Waals surface area contributed by atoms with Crippen molar-refractivity contribution in [1.82, 2.24) is 4.90 Å². The predicted molar refractivity (Wildman–Crippen MR) is 167 cm³/mol. The smallest absolute Gasteiger partial charge is 0.416 e. The van der Waals surface area contributed by atoms with E-state index >= 15 is 0 Å². The summed E-state index contributed by atoms with van der Waals surface area (Å²) < 4.78 is 158. The Morgan fingerprint density at radius 3 is 2.04 bits per heavy atom. The first-order chi connectivity index (χ1) is 24.7. The molecular formula is C36H31F10NO6. The van der Waals surface area contributed by atoms with E-state index < -0.39 is 77.4 Å². The normalized spacial score (nSPS) is 16.2. The fourth-order valence-corrected chi connectivity index (χ4v) is 5.34. The maximum Gasteiger partial charge on any atom is 0.416 e. The molecule has 7 nitrogen and oxygen atoms in total. The monoisotopic (exact) mass is 763 g/mol. The zero-order valence-corrected chi connectivity index (χ0v) is 28.2. The lowest BCUT2D eigenvalue weighted by Crippen LogP contribution is -2.32. The molecule has 3 aromatic carbocycles. The summed E-state index contributed by atoms with van der Waals surface area (Å²) in [6.45, 7) is 2.52. The van der Waals surface area contributed by atoms with Crippen LogP contribution in [0.25, 0.3) is 0 Å². The molecule has 0 aromatic heterocycles. The fourth-order valence-electron chi connectivity index (χ4n) is 5.34. The number of cyclic esters (lactones) is 1. The minimum atomic E-state index is -5.18. The van der Waals surface area contributed by atoms with Crippen molar-refractivity contribution >= 4 is 12.1 Å². The third-order valence-corrected chi connectivity index (χ3v) is 8.03. The molecule has 17 heteroatoms. The first-order valence-corrected chi connectivity index (χ1v) is 15.9. The van der Waals surface area contributed by atoms with Gasteiger partial charge in [0.1, 0.15) is 11.9 Å². The number of hydrogen-bond acceptors (Lipinski definition) is 6. The van der Waals surface area contributed by atoms with Crippen LogP contribution in [0, 0.1) is 17.7 Å². The van der Waals surface area contributed by atoms with Crippen LogP contribution in [0.1, 0.15) is 78.2 Å². The molecule has 4 rings (SSSR count). The summed E-state index contributed by atoms with van der Waals surface area (Å²) in [7, 11) is 1.22. The summed E-state index contributed by atoms with van der Waals surface area (Å²) >= 11 is 0. The van der Waals surface area contributed by atoms with Gasteiger partial charge in [-0.05, 0) is 74.2 Å². The molecule has 0 radical (unpaired) electrons. The molecule has 1 aliphatic heterocycles. The molecule has 1 amide bonds. The van der Waals surface area contributed by atoms with Crippen LogP contribution in [0.2, 0.25) is 0 Å². The average Bonchev–Trinajstić information content (AvgIpc) is 3.35. The Balaban J connectivity index is 1.65. The number of rotatable bonds is 11. The maximum atomic E-state index is 14.8. The summed E-state index contributed by atoms with van der Waals surface area (Å²) in [4.78, 5) is 25.3. The second-order valence-electron chi connectivity index (χ2n) is 11.7. The fraction of sp³-hybridized carbons (Fsp3) is 0.389. The Hall–Kier alpha value is -5.14. The molecule has 1 saturated heterocycles. The number of methoxy groups -OCH3 is 1. The van der Waals surface area contributed by atoms with Gasteiger partial charge in [-0.15, -0.1) is 0 Å². The summed E-state index contributed by atoms with van der Waals surface area (Å²) in [5.41, 5.74) is -5.25. The van der Waals surface area contributed by atoms with Gasteiger partial charge >= 0.3 is 30.6 Å². The zero-order valence-electron chi connectivity index (χ0n) is 28.2. The first-order valence-electron chi connectivity index (χ1n) is 15.9. The molecule has 0 bridgehead atoms. The highest BCUT2D eigenvalue weighted by Crippen LogP contribution is 2.41. The molecule has 2 atom stereocenters. The summed E-state index contributed by atoms with van der Waals surface area (Å²) in [5, 5.41) is 0. The van der Waals surface area contributed by atoms with E-state index in [0.29, 0.717) is 31.0 Å². The van der Waals surface area contributed by atoms with Crippen molar-refractivity contribution in [3.8, 4) is 23.3 Å². The molecule has 1 aliphatic rings. The molecule has 0 saturated carbocycles. The molecule has 2 unspecified atom stereocenters. The number of halogens is 10. The van der Waals surface area contributed by atoms with E-state index in [9.17, 15) is 53.5 Å². The van der Waals surface area contributed by atoms with E-state index in [4.69, 9.17) is 18.9 Å². The van der Waals surface area contributed by atoms with Gasteiger partial charge in [-0.2, -0.15) is 39.5 Å². The second-order valence-corrected chi connectivity index (χ2v) is 11.7. The van der Waals surface area contributed by atoms with Gasteiger partial charge in [0.05, 0.1) is 55.2 Å².